The van der Waals surface area contributed by atoms with Gasteiger partial charge in [-0.1, -0.05) is 0 Å². The summed E-state index contributed by atoms with van der Waals surface area (Å²) in [4.78, 5) is 5.01. The molecule has 10 heavy (non-hydrogen) atoms. The average molecular weight is 329 g/mol. The second-order valence-corrected chi connectivity index (χ2v) is 23.0. The van der Waals surface area contributed by atoms with Crippen molar-refractivity contribution < 1.29 is 0 Å². The zero-order valence-corrected chi connectivity index (χ0v) is 11.0. The van der Waals surface area contributed by atoms with Gasteiger partial charge < -0.3 is 0 Å². The third kappa shape index (κ3) is 1.06. The first-order valence-corrected chi connectivity index (χ1v) is 14.6. The maximum atomic E-state index is 2.51. The molecule has 0 spiro atoms. The van der Waals surface area contributed by atoms with Gasteiger partial charge in [-0.15, -0.1) is 0 Å². The van der Waals surface area contributed by atoms with E-state index < -0.39 is 0 Å². The number of rotatable bonds is 0. The Morgan fingerprint density at radius 3 is 2.00 bits per heavy atom. The second kappa shape index (κ2) is 2.75. The number of hydrogen-bond acceptors (Lipinski definition) is 0. The fourth-order valence-electron chi connectivity index (χ4n) is 1.03. The molecule has 0 aromatic carbocycles. The van der Waals surface area contributed by atoms with Gasteiger partial charge in [-0.2, -0.15) is 0 Å². The molecule has 0 unspecified atom stereocenters. The van der Waals surface area contributed by atoms with Gasteiger partial charge in [-0.3, -0.25) is 0 Å². The molecule has 2 rings (SSSR count). The fraction of sp³-hybridized carbons (Fsp3) is 0.286. The van der Waals surface area contributed by atoms with E-state index in [2.05, 4.69) is 23.8 Å². The van der Waals surface area contributed by atoms with Crippen molar-refractivity contribution in [3.63, 3.8) is 0 Å². The van der Waals surface area contributed by atoms with E-state index in [-0.39, 0.29) is 9.81 Å². The summed E-state index contributed by atoms with van der Waals surface area (Å²) >= 11 is 1.85. The first-order valence-electron chi connectivity index (χ1n) is 3.09. The van der Waals surface area contributed by atoms with Crippen LogP contribution in [0.2, 0.25) is 0 Å². The molecule has 0 aliphatic carbocycles. The Morgan fingerprint density at radius 2 is 1.60 bits per heavy atom. The van der Waals surface area contributed by atoms with Gasteiger partial charge in [0, 0.05) is 0 Å². The monoisotopic (exact) mass is 332 g/mol. The molecule has 2 aliphatic heterocycles. The van der Waals surface area contributed by atoms with Crippen molar-refractivity contribution >= 4 is 40.5 Å². The Morgan fingerprint density at radius 1 is 1.10 bits per heavy atom. The first-order chi connectivity index (χ1) is 4.79. The van der Waals surface area contributed by atoms with E-state index in [1.807, 2.05) is 4.42 Å². The summed E-state index contributed by atoms with van der Waals surface area (Å²) in [5.74, 6) is 0. The average Bonchev–Trinajstić information content (AvgIpc) is 2.40. The van der Waals surface area contributed by atoms with E-state index in [1.165, 1.54) is 0 Å². The van der Waals surface area contributed by atoms with Crippen LogP contribution in [0.25, 0.3) is 0 Å². The zero-order valence-electron chi connectivity index (χ0n) is 5.88. The Bertz CT molecular complexity index is 245. The minimum absolute atomic E-state index is 0.174. The van der Waals surface area contributed by atoms with Crippen LogP contribution in [0.3, 0.4) is 0 Å². The number of allylic oxidation sites excluding steroid dienone is 2. The van der Waals surface area contributed by atoms with Crippen molar-refractivity contribution in [3.8, 4) is 0 Å². The Hall–Kier alpha value is 0.908. The third-order valence-electron chi connectivity index (χ3n) is 1.51. The summed E-state index contributed by atoms with van der Waals surface area (Å²) in [6.45, 7) is 4.58. The molecule has 3 heteroatoms. The van der Waals surface area contributed by atoms with Crippen LogP contribution in [0.1, 0.15) is 13.8 Å². The maximum absolute atomic E-state index is 2.51. The van der Waals surface area contributed by atoms with E-state index >= 15 is 0 Å². The summed E-state index contributed by atoms with van der Waals surface area (Å²) < 4.78 is 1.82. The SMILES string of the molecule is CC1=C[Se][Se]2=C1C(C)=C[Se]2. The molecule has 0 aromatic rings. The van der Waals surface area contributed by atoms with E-state index in [9.17, 15) is 0 Å². The van der Waals surface area contributed by atoms with Crippen LogP contribution in [-0.2, 0) is 0 Å². The van der Waals surface area contributed by atoms with Gasteiger partial charge in [0.25, 0.3) is 0 Å². The minimum atomic E-state index is -0.174. The van der Waals surface area contributed by atoms with Gasteiger partial charge >= 0.3 is 75.4 Å². The standard InChI is InChI=1S/C7H8Se3/c1-5-3-8-10-7(5)6(2)4-9-10/h3-4H,1-2H3. The molecule has 0 amide bonds. The normalized spacial score (nSPS) is 24.8. The Labute approximate surface area is 75.0 Å². The van der Waals surface area contributed by atoms with E-state index in [1.54, 1.807) is 11.1 Å². The van der Waals surface area contributed by atoms with Crippen LogP contribution in [-0.4, -0.2) is 40.5 Å². The van der Waals surface area contributed by atoms with Crippen LogP contribution in [0.4, 0.5) is 0 Å². The van der Waals surface area contributed by atoms with E-state index in [0.29, 0.717) is 0 Å². The summed E-state index contributed by atoms with van der Waals surface area (Å²) in [5, 5.41) is 0. The van der Waals surface area contributed by atoms with Gasteiger partial charge in [0.15, 0.2) is 0 Å². The summed E-state index contributed by atoms with van der Waals surface area (Å²) in [5.41, 5.74) is 3.25. The number of hydrogen-bond donors (Lipinski definition) is 0. The van der Waals surface area contributed by atoms with Crippen molar-refractivity contribution in [1.82, 2.24) is 0 Å². The van der Waals surface area contributed by atoms with Gasteiger partial charge in [-0.05, 0) is 0 Å². The van der Waals surface area contributed by atoms with Gasteiger partial charge in [-0.25, -0.2) is 0 Å². The van der Waals surface area contributed by atoms with Gasteiger partial charge in [0.05, 0.1) is 0 Å². The van der Waals surface area contributed by atoms with Crippen LogP contribution in [0.15, 0.2) is 21.1 Å². The fourth-order valence-corrected chi connectivity index (χ4v) is 25.5. The molecule has 2 aliphatic rings. The Balaban J connectivity index is 2.46. The van der Waals surface area contributed by atoms with Crippen LogP contribution >= 0.6 is 0 Å². The second-order valence-electron chi connectivity index (χ2n) is 2.36. The molecule has 0 N–H and O–H groups in total. The van der Waals surface area contributed by atoms with E-state index in [0.717, 1.165) is 26.3 Å². The molecular weight excluding hydrogens is 321 g/mol. The first kappa shape index (κ1) is 7.55. The molecule has 54 valence electrons. The predicted octanol–water partition coefficient (Wildman–Crippen LogP) is 0.472. The summed E-state index contributed by atoms with van der Waals surface area (Å²) in [6, 6.07) is 0. The molecular formula is C7H8Se3. The van der Waals surface area contributed by atoms with Crippen molar-refractivity contribution in [2.75, 3.05) is 0 Å². The topological polar surface area (TPSA) is 0 Å². The van der Waals surface area contributed by atoms with Crippen molar-refractivity contribution in [2.45, 2.75) is 13.8 Å². The molecule has 0 saturated carbocycles. The van der Waals surface area contributed by atoms with Crippen LogP contribution in [0, 0.1) is 0 Å². The summed E-state index contributed by atoms with van der Waals surface area (Å²) in [7, 11) is -0.174. The van der Waals surface area contributed by atoms with Gasteiger partial charge in [0.2, 0.25) is 0 Å². The molecule has 0 nitrogen and oxygen atoms in total. The molecule has 2 heterocycles. The van der Waals surface area contributed by atoms with Crippen LogP contribution in [0.5, 0.6) is 0 Å². The molecule has 0 aromatic heterocycles. The third-order valence-corrected chi connectivity index (χ3v) is 24.6. The van der Waals surface area contributed by atoms with E-state index in [4.69, 9.17) is 0 Å². The van der Waals surface area contributed by atoms with Crippen LogP contribution < -0.4 is 0 Å². The molecule has 0 atom stereocenters. The summed E-state index contributed by atoms with van der Waals surface area (Å²) in [6.07, 6.45) is 0. The zero-order chi connectivity index (χ0) is 7.14. The Kier molecular flexibility index (Phi) is 2.08. The van der Waals surface area contributed by atoms with Gasteiger partial charge in [0.1, 0.15) is 0 Å². The van der Waals surface area contributed by atoms with Crippen molar-refractivity contribution in [2.24, 2.45) is 0 Å². The predicted molar refractivity (Wildman–Crippen MR) is 49.8 cm³/mol. The molecule has 0 saturated heterocycles. The molecule has 0 fully saturated rings. The van der Waals surface area contributed by atoms with Crippen molar-refractivity contribution in [1.29, 1.82) is 0 Å². The quantitative estimate of drug-likeness (QED) is 0.567. The van der Waals surface area contributed by atoms with Crippen molar-refractivity contribution in [3.05, 3.63) is 21.1 Å². The molecule has 0 bridgehead atoms. The molecule has 0 radical (unpaired) electrons.